The molecular weight excluding hydrogens is 198 g/mol. The third kappa shape index (κ3) is 3.17. The lowest BCUT2D eigenvalue weighted by atomic mass is 10.4. The van der Waals surface area contributed by atoms with E-state index in [0.29, 0.717) is 0 Å². The molecule has 0 aromatic heterocycles. The molecule has 0 saturated carbocycles. The zero-order valence-electron chi connectivity index (χ0n) is 6.00. The maximum atomic E-state index is 10.3. The van der Waals surface area contributed by atoms with Crippen molar-refractivity contribution in [3.05, 3.63) is 0 Å². The minimum Gasteiger partial charge on any atom is -0.368 e. The number of rotatable bonds is 1. The van der Waals surface area contributed by atoms with Gasteiger partial charge in [0.2, 0.25) is 0 Å². The van der Waals surface area contributed by atoms with Crippen LogP contribution in [0.1, 0.15) is 19.8 Å². The average Bonchev–Trinajstić information content (AvgIpc) is 2.15. The fraction of sp³-hybridized carbons (Fsp3) is 0.833. The quantitative estimate of drug-likeness (QED) is 0.649. The minimum absolute atomic E-state index is 0. The minimum atomic E-state index is -0.211. The Bertz CT molecular complexity index is 112. The second kappa shape index (κ2) is 4.68. The van der Waals surface area contributed by atoms with Crippen LogP contribution < -0.4 is 0 Å². The molecule has 1 aliphatic rings. The van der Waals surface area contributed by atoms with Gasteiger partial charge in [-0.2, -0.15) is 0 Å². The maximum Gasteiger partial charge on any atom is 0.322 e. The number of halogens is 1. The summed E-state index contributed by atoms with van der Waals surface area (Å²) in [5.41, 5.74) is 0. The molecule has 0 spiro atoms. The van der Waals surface area contributed by atoms with E-state index in [9.17, 15) is 4.79 Å². The molecule has 10 heavy (non-hydrogen) atoms. The van der Waals surface area contributed by atoms with Crippen molar-refractivity contribution in [2.24, 2.45) is 0 Å². The first-order valence-corrected chi connectivity index (χ1v) is 3.22. The van der Waals surface area contributed by atoms with Gasteiger partial charge >= 0.3 is 5.97 Å². The summed E-state index contributed by atoms with van der Waals surface area (Å²) in [6.07, 6.45) is 2.29. The number of carbonyl (C=O) groups is 1. The Morgan fingerprint density at radius 3 is 2.30 bits per heavy atom. The van der Waals surface area contributed by atoms with Gasteiger partial charge in [0.1, 0.15) is 0 Å². The predicted octanol–water partition coefficient (Wildman–Crippen LogP) is 1.14. The van der Waals surface area contributed by atoms with Crippen molar-refractivity contribution in [1.29, 1.82) is 0 Å². The van der Waals surface area contributed by atoms with Crippen molar-refractivity contribution in [1.82, 2.24) is 5.06 Å². The summed E-state index contributed by atoms with van der Waals surface area (Å²) in [5, 5.41) is 1.71. The molecule has 0 atom stereocenters. The normalized spacial score (nSPS) is 18.1. The molecule has 0 aromatic carbocycles. The standard InChI is InChI=1S/C6H11NO2.BrH/c1-6(8)9-7-4-2-3-5-7;/h2-5H2,1H3;1H. The fourth-order valence-electron chi connectivity index (χ4n) is 0.961. The molecule has 3 nitrogen and oxygen atoms in total. The molecule has 4 heteroatoms. The number of hydrogen-bond acceptors (Lipinski definition) is 3. The van der Waals surface area contributed by atoms with Gasteiger partial charge in [-0.1, -0.05) is 0 Å². The van der Waals surface area contributed by atoms with Crippen LogP contribution in [0.4, 0.5) is 0 Å². The number of carbonyl (C=O) groups excluding carboxylic acids is 1. The number of nitrogens with zero attached hydrogens (tertiary/aromatic N) is 1. The molecule has 1 saturated heterocycles. The summed E-state index contributed by atoms with van der Waals surface area (Å²) >= 11 is 0. The van der Waals surface area contributed by atoms with Crippen LogP contribution in [0, 0.1) is 0 Å². The first-order valence-electron chi connectivity index (χ1n) is 3.22. The Morgan fingerprint density at radius 1 is 1.40 bits per heavy atom. The van der Waals surface area contributed by atoms with Crippen LogP contribution in [0.2, 0.25) is 0 Å². The van der Waals surface area contributed by atoms with E-state index in [-0.39, 0.29) is 23.0 Å². The van der Waals surface area contributed by atoms with E-state index in [1.165, 1.54) is 6.92 Å². The first kappa shape index (κ1) is 9.91. The molecule has 0 aliphatic carbocycles. The molecule has 1 fully saturated rings. The zero-order chi connectivity index (χ0) is 6.69. The molecule has 0 amide bonds. The largest absolute Gasteiger partial charge is 0.368 e. The SMILES string of the molecule is Br.CC(=O)ON1CCCC1. The summed E-state index contributed by atoms with van der Waals surface area (Å²) in [6, 6.07) is 0. The Morgan fingerprint density at radius 2 is 1.90 bits per heavy atom. The Hall–Kier alpha value is -0.0900. The lowest BCUT2D eigenvalue weighted by Crippen LogP contribution is -2.22. The van der Waals surface area contributed by atoms with Crippen LogP contribution >= 0.6 is 17.0 Å². The molecule has 0 N–H and O–H groups in total. The van der Waals surface area contributed by atoms with Crippen molar-refractivity contribution < 1.29 is 9.63 Å². The van der Waals surface area contributed by atoms with E-state index in [4.69, 9.17) is 4.84 Å². The molecule has 1 heterocycles. The molecule has 0 aromatic rings. The Labute approximate surface area is 71.1 Å². The van der Waals surface area contributed by atoms with Gasteiger partial charge in [-0.3, -0.25) is 4.79 Å². The van der Waals surface area contributed by atoms with E-state index in [1.54, 1.807) is 5.06 Å². The van der Waals surface area contributed by atoms with Gasteiger partial charge in [0, 0.05) is 20.0 Å². The van der Waals surface area contributed by atoms with Crippen molar-refractivity contribution in [2.75, 3.05) is 13.1 Å². The second-order valence-corrected chi connectivity index (χ2v) is 2.22. The van der Waals surface area contributed by atoms with Gasteiger partial charge in [-0.25, -0.2) is 0 Å². The highest BCUT2D eigenvalue weighted by atomic mass is 79.9. The van der Waals surface area contributed by atoms with Crippen molar-refractivity contribution in [3.63, 3.8) is 0 Å². The molecule has 0 radical (unpaired) electrons. The van der Waals surface area contributed by atoms with Crippen LogP contribution in [-0.2, 0) is 9.63 Å². The summed E-state index contributed by atoms with van der Waals surface area (Å²) in [4.78, 5) is 15.1. The highest BCUT2D eigenvalue weighted by Crippen LogP contribution is 2.06. The second-order valence-electron chi connectivity index (χ2n) is 2.22. The number of hydroxylamine groups is 2. The average molecular weight is 210 g/mol. The molecule has 1 rings (SSSR count). The van der Waals surface area contributed by atoms with E-state index in [1.807, 2.05) is 0 Å². The summed E-state index contributed by atoms with van der Waals surface area (Å²) in [7, 11) is 0. The van der Waals surface area contributed by atoms with Gasteiger partial charge in [0.15, 0.2) is 0 Å². The predicted molar refractivity (Wildman–Crippen MR) is 42.9 cm³/mol. The van der Waals surface area contributed by atoms with Gasteiger partial charge in [0.25, 0.3) is 0 Å². The van der Waals surface area contributed by atoms with E-state index in [2.05, 4.69) is 0 Å². The van der Waals surface area contributed by atoms with Crippen molar-refractivity contribution in [2.45, 2.75) is 19.8 Å². The van der Waals surface area contributed by atoms with Crippen molar-refractivity contribution >= 4 is 23.0 Å². The van der Waals surface area contributed by atoms with E-state index >= 15 is 0 Å². The van der Waals surface area contributed by atoms with Gasteiger partial charge < -0.3 is 4.84 Å². The molecule has 0 unspecified atom stereocenters. The van der Waals surface area contributed by atoms with Crippen LogP contribution in [-0.4, -0.2) is 24.1 Å². The third-order valence-electron chi connectivity index (χ3n) is 1.32. The van der Waals surface area contributed by atoms with E-state index < -0.39 is 0 Å². The Kier molecular flexibility index (Phi) is 4.64. The summed E-state index contributed by atoms with van der Waals surface area (Å²) in [6.45, 7) is 3.23. The topological polar surface area (TPSA) is 29.5 Å². The molecular formula is C6H12BrNO2. The lowest BCUT2D eigenvalue weighted by Gasteiger charge is -2.11. The number of hydrogen-bond donors (Lipinski definition) is 0. The van der Waals surface area contributed by atoms with Crippen LogP contribution in [0.25, 0.3) is 0 Å². The third-order valence-corrected chi connectivity index (χ3v) is 1.32. The Balaban J connectivity index is 0.000000810. The molecule has 1 aliphatic heterocycles. The van der Waals surface area contributed by atoms with Gasteiger partial charge in [-0.05, 0) is 12.8 Å². The maximum absolute atomic E-state index is 10.3. The van der Waals surface area contributed by atoms with Crippen LogP contribution in [0.15, 0.2) is 0 Å². The monoisotopic (exact) mass is 209 g/mol. The van der Waals surface area contributed by atoms with Crippen LogP contribution in [0.5, 0.6) is 0 Å². The first-order chi connectivity index (χ1) is 4.29. The molecule has 60 valence electrons. The summed E-state index contributed by atoms with van der Waals surface area (Å²) < 4.78 is 0. The van der Waals surface area contributed by atoms with Gasteiger partial charge in [0.05, 0.1) is 0 Å². The van der Waals surface area contributed by atoms with E-state index in [0.717, 1.165) is 25.9 Å². The molecule has 0 bridgehead atoms. The van der Waals surface area contributed by atoms with Gasteiger partial charge in [-0.15, -0.1) is 22.0 Å². The highest BCUT2D eigenvalue weighted by Gasteiger charge is 2.13. The smallest absolute Gasteiger partial charge is 0.322 e. The highest BCUT2D eigenvalue weighted by molar-refractivity contribution is 8.93. The van der Waals surface area contributed by atoms with Crippen molar-refractivity contribution in [3.8, 4) is 0 Å². The summed E-state index contributed by atoms with van der Waals surface area (Å²) in [5.74, 6) is -0.211. The zero-order valence-corrected chi connectivity index (χ0v) is 7.71. The van der Waals surface area contributed by atoms with Crippen LogP contribution in [0.3, 0.4) is 0 Å². The lowest BCUT2D eigenvalue weighted by molar-refractivity contribution is -0.182. The fourth-order valence-corrected chi connectivity index (χ4v) is 0.961.